The van der Waals surface area contributed by atoms with E-state index in [9.17, 15) is 4.79 Å². The van der Waals surface area contributed by atoms with Gasteiger partial charge in [0, 0.05) is 6.07 Å². The number of fused-ring (bicyclic) bond motifs is 1. The highest BCUT2D eigenvalue weighted by Gasteiger charge is 2.33. The zero-order chi connectivity index (χ0) is 23.8. The van der Waals surface area contributed by atoms with Gasteiger partial charge in [0.15, 0.2) is 11.4 Å². The van der Waals surface area contributed by atoms with Gasteiger partial charge in [-0.3, -0.25) is 4.79 Å². The summed E-state index contributed by atoms with van der Waals surface area (Å²) < 4.78 is 27.0. The summed E-state index contributed by atoms with van der Waals surface area (Å²) in [5, 5.41) is 4.49. The Balaban J connectivity index is 1.55. The monoisotopic (exact) mass is 489 g/mol. The third kappa shape index (κ3) is 4.48. The molecule has 0 aliphatic carbocycles. The summed E-state index contributed by atoms with van der Waals surface area (Å²) in [5.74, 6) is 0.245. The van der Waals surface area contributed by atoms with Crippen molar-refractivity contribution in [2.24, 2.45) is 0 Å². The van der Waals surface area contributed by atoms with Gasteiger partial charge >= 0.3 is 6.01 Å². The van der Waals surface area contributed by atoms with Crippen LogP contribution in [0.1, 0.15) is 16.1 Å². The van der Waals surface area contributed by atoms with Crippen LogP contribution in [0, 0.1) is 0 Å². The van der Waals surface area contributed by atoms with Crippen LogP contribution in [-0.2, 0) is 6.42 Å². The van der Waals surface area contributed by atoms with E-state index in [4.69, 9.17) is 35.0 Å². The van der Waals surface area contributed by atoms with Crippen molar-refractivity contribution in [1.82, 2.24) is 9.97 Å². The van der Waals surface area contributed by atoms with Crippen molar-refractivity contribution in [3.63, 3.8) is 0 Å². The molecule has 2 aromatic heterocycles. The van der Waals surface area contributed by atoms with E-state index in [1.807, 2.05) is 12.1 Å². The van der Waals surface area contributed by atoms with E-state index in [1.54, 1.807) is 6.07 Å². The summed E-state index contributed by atoms with van der Waals surface area (Å²) >= 11 is 6.44. The van der Waals surface area contributed by atoms with Gasteiger partial charge in [-0.1, -0.05) is 29.9 Å². The summed E-state index contributed by atoms with van der Waals surface area (Å²) in [4.78, 5) is 20.9. The first-order chi connectivity index (χ1) is 15.7. The van der Waals surface area contributed by atoms with Crippen molar-refractivity contribution in [3.8, 4) is 29.5 Å². The van der Waals surface area contributed by atoms with Crippen molar-refractivity contribution >= 4 is 36.5 Å². The second kappa shape index (κ2) is 8.95. The molecule has 0 atom stereocenters. The first-order valence-electron chi connectivity index (χ1n) is 10.2. The maximum absolute atomic E-state index is 12.8. The number of aryl methyl sites for hydroxylation is 1. The second-order valence-corrected chi connectivity index (χ2v) is 13.3. The van der Waals surface area contributed by atoms with E-state index < -0.39 is 14.0 Å². The summed E-state index contributed by atoms with van der Waals surface area (Å²) in [7, 11) is 2.72. The lowest BCUT2D eigenvalue weighted by Gasteiger charge is -2.17. The Labute approximate surface area is 197 Å². The SMILES string of the molecule is COc1nc(OC)c(NC(=O)c2ccc(Oc3cc4c(cc3Cl)CC[Si]4(C)C)o2)c(OC)n1. The zero-order valence-corrected chi connectivity index (χ0v) is 20.7. The molecule has 11 heteroatoms. The first-order valence-corrected chi connectivity index (χ1v) is 13.8. The fourth-order valence-electron chi connectivity index (χ4n) is 3.77. The molecule has 1 aliphatic rings. The van der Waals surface area contributed by atoms with Crippen LogP contribution in [0.25, 0.3) is 0 Å². The van der Waals surface area contributed by atoms with Crippen LogP contribution in [0.15, 0.2) is 28.7 Å². The molecule has 1 amide bonds. The average Bonchev–Trinajstić information content (AvgIpc) is 3.38. The highest BCUT2D eigenvalue weighted by atomic mass is 35.5. The van der Waals surface area contributed by atoms with Crippen molar-refractivity contribution in [1.29, 1.82) is 0 Å². The Kier molecular flexibility index (Phi) is 6.22. The van der Waals surface area contributed by atoms with Gasteiger partial charge < -0.3 is 28.7 Å². The van der Waals surface area contributed by atoms with Crippen molar-refractivity contribution < 1.29 is 28.2 Å². The predicted molar refractivity (Wildman–Crippen MR) is 126 cm³/mol. The van der Waals surface area contributed by atoms with E-state index >= 15 is 0 Å². The van der Waals surface area contributed by atoms with Crippen molar-refractivity contribution in [2.75, 3.05) is 26.6 Å². The number of amides is 1. The molecule has 174 valence electrons. The molecule has 0 unspecified atom stereocenters. The fraction of sp³-hybridized carbons (Fsp3) is 0.318. The van der Waals surface area contributed by atoms with Crippen LogP contribution in [0.4, 0.5) is 5.69 Å². The lowest BCUT2D eigenvalue weighted by Crippen LogP contribution is -2.37. The fourth-order valence-corrected chi connectivity index (χ4v) is 6.74. The molecule has 0 spiro atoms. The normalized spacial score (nSPS) is 13.9. The molecule has 0 saturated carbocycles. The second-order valence-electron chi connectivity index (χ2n) is 8.10. The highest BCUT2D eigenvalue weighted by Crippen LogP contribution is 2.36. The number of anilines is 1. The molecule has 1 N–H and O–H groups in total. The third-order valence-electron chi connectivity index (χ3n) is 5.55. The van der Waals surface area contributed by atoms with Gasteiger partial charge in [-0.15, -0.1) is 0 Å². The Hall–Kier alpha value is -3.24. The van der Waals surface area contributed by atoms with Gasteiger partial charge in [0.2, 0.25) is 11.8 Å². The Morgan fingerprint density at radius 3 is 2.42 bits per heavy atom. The number of furan rings is 1. The van der Waals surface area contributed by atoms with Gasteiger partial charge in [-0.25, -0.2) is 0 Å². The molecule has 3 heterocycles. The van der Waals surface area contributed by atoms with E-state index in [0.29, 0.717) is 10.8 Å². The molecule has 1 aliphatic heterocycles. The number of rotatable bonds is 7. The Bertz CT molecular complexity index is 1190. The quantitative estimate of drug-likeness (QED) is 0.491. The molecular formula is C22H24ClN3O6Si. The van der Waals surface area contributed by atoms with Gasteiger partial charge in [-0.2, -0.15) is 9.97 Å². The highest BCUT2D eigenvalue weighted by molar-refractivity contribution is 6.91. The number of benzene rings is 1. The van der Waals surface area contributed by atoms with Crippen LogP contribution in [0.2, 0.25) is 24.2 Å². The standard InChI is InChI=1S/C22H24ClN3O6Si/c1-28-20-18(21(29-2)26-22(25-20)30-3)24-19(27)14-6-7-17(31-14)32-15-11-16-12(10-13(15)23)8-9-33(16,4)5/h6-7,10-11H,8-9H2,1-5H3,(H,24,27). The lowest BCUT2D eigenvalue weighted by atomic mass is 10.2. The molecule has 4 rings (SSSR count). The molecule has 1 aromatic carbocycles. The molecule has 33 heavy (non-hydrogen) atoms. The van der Waals surface area contributed by atoms with Crippen molar-refractivity contribution in [2.45, 2.75) is 25.6 Å². The van der Waals surface area contributed by atoms with Gasteiger partial charge in [0.25, 0.3) is 11.9 Å². The Morgan fingerprint density at radius 2 is 1.79 bits per heavy atom. The van der Waals surface area contributed by atoms with Crippen LogP contribution in [0.5, 0.6) is 29.5 Å². The van der Waals surface area contributed by atoms with E-state index in [0.717, 1.165) is 6.42 Å². The molecule has 0 fully saturated rings. The lowest BCUT2D eigenvalue weighted by molar-refractivity contribution is 0.0990. The summed E-state index contributed by atoms with van der Waals surface area (Å²) in [6, 6.07) is 8.24. The van der Waals surface area contributed by atoms with E-state index in [2.05, 4.69) is 28.4 Å². The molecule has 0 saturated heterocycles. The number of aromatic nitrogens is 2. The number of carbonyl (C=O) groups excluding carboxylic acids is 1. The largest absolute Gasteiger partial charge is 0.479 e. The minimum Gasteiger partial charge on any atom is -0.479 e. The van der Waals surface area contributed by atoms with Gasteiger partial charge in [0.05, 0.1) is 34.4 Å². The number of methoxy groups -OCH3 is 3. The van der Waals surface area contributed by atoms with Crippen molar-refractivity contribution in [3.05, 3.63) is 40.6 Å². The summed E-state index contributed by atoms with van der Waals surface area (Å²) in [5.41, 5.74) is 1.42. The average molecular weight is 490 g/mol. The molecular weight excluding hydrogens is 466 g/mol. The van der Waals surface area contributed by atoms with Gasteiger partial charge in [0.1, 0.15) is 5.75 Å². The minimum atomic E-state index is -1.49. The number of halogens is 1. The topological polar surface area (TPSA) is 105 Å². The summed E-state index contributed by atoms with van der Waals surface area (Å²) in [6.07, 6.45) is 1.04. The van der Waals surface area contributed by atoms with Crippen LogP contribution in [0.3, 0.4) is 0 Å². The summed E-state index contributed by atoms with van der Waals surface area (Å²) in [6.45, 7) is 4.66. The molecule has 9 nitrogen and oxygen atoms in total. The number of hydrogen-bond donors (Lipinski definition) is 1. The molecule has 0 bridgehead atoms. The number of hydrogen-bond acceptors (Lipinski definition) is 8. The number of carbonyl (C=O) groups is 1. The smallest absolute Gasteiger partial charge is 0.322 e. The van der Waals surface area contributed by atoms with E-state index in [-0.39, 0.29) is 35.2 Å². The van der Waals surface area contributed by atoms with Crippen LogP contribution < -0.4 is 29.5 Å². The van der Waals surface area contributed by atoms with E-state index in [1.165, 1.54) is 44.2 Å². The molecule has 0 radical (unpaired) electrons. The maximum Gasteiger partial charge on any atom is 0.322 e. The zero-order valence-electron chi connectivity index (χ0n) is 18.9. The Morgan fingerprint density at radius 1 is 1.09 bits per heavy atom. The predicted octanol–water partition coefficient (Wildman–Crippen LogP) is 4.26. The van der Waals surface area contributed by atoms with Crippen LogP contribution >= 0.6 is 11.6 Å². The maximum atomic E-state index is 12.8. The molecule has 3 aromatic rings. The first kappa shape index (κ1) is 22.9. The van der Waals surface area contributed by atoms with Crippen LogP contribution in [-0.4, -0.2) is 45.3 Å². The number of ether oxygens (including phenoxy) is 4. The number of nitrogens with zero attached hydrogens (tertiary/aromatic N) is 2. The third-order valence-corrected chi connectivity index (χ3v) is 9.27. The number of nitrogens with one attached hydrogen (secondary N) is 1. The van der Waals surface area contributed by atoms with Gasteiger partial charge in [-0.05, 0) is 36.2 Å². The minimum absolute atomic E-state index is 0.0110.